The lowest BCUT2D eigenvalue weighted by Gasteiger charge is -2.07. The van der Waals surface area contributed by atoms with Crippen LogP contribution in [-0.4, -0.2) is 11.0 Å². The third-order valence-electron chi connectivity index (χ3n) is 3.02. The molecule has 21 heavy (non-hydrogen) atoms. The zero-order valence-electron chi connectivity index (χ0n) is 10.4. The third-order valence-corrected chi connectivity index (χ3v) is 4.05. The summed E-state index contributed by atoms with van der Waals surface area (Å²) in [7, 11) is 0. The van der Waals surface area contributed by atoms with Gasteiger partial charge in [-0.05, 0) is 30.3 Å². The second kappa shape index (κ2) is 5.09. The molecule has 0 bridgehead atoms. The van der Waals surface area contributed by atoms with E-state index in [0.717, 1.165) is 30.0 Å². The number of amides is 1. The van der Waals surface area contributed by atoms with E-state index in [0.29, 0.717) is 10.6 Å². The Bertz CT molecular complexity index is 751. The number of benzene rings is 2. The van der Waals surface area contributed by atoms with Gasteiger partial charge < -0.3 is 10.4 Å². The van der Waals surface area contributed by atoms with Crippen LogP contribution in [0.2, 0.25) is 0 Å². The number of halogens is 3. The molecule has 0 radical (unpaired) electrons. The van der Waals surface area contributed by atoms with Crippen molar-refractivity contribution in [1.29, 1.82) is 0 Å². The zero-order chi connectivity index (χ0) is 15.1. The van der Waals surface area contributed by atoms with E-state index in [1.54, 1.807) is 0 Å². The topological polar surface area (TPSA) is 49.3 Å². The Hall–Kier alpha value is -1.99. The minimum absolute atomic E-state index is 0.133. The van der Waals surface area contributed by atoms with E-state index in [-0.39, 0.29) is 10.5 Å². The number of carbonyl (C=O) groups excluding carboxylic acids is 1. The second-order valence-corrected chi connectivity index (χ2v) is 5.55. The molecule has 0 aliphatic carbocycles. The molecule has 1 unspecified atom stereocenters. The number of fused-ring (bicyclic) bond motifs is 1. The number of hydrogen-bond acceptors (Lipinski definition) is 3. The Kier molecular flexibility index (Phi) is 3.38. The molecule has 1 atom stereocenters. The van der Waals surface area contributed by atoms with Crippen LogP contribution in [0.25, 0.3) is 0 Å². The van der Waals surface area contributed by atoms with Gasteiger partial charge in [-0.1, -0.05) is 11.8 Å². The summed E-state index contributed by atoms with van der Waals surface area (Å²) in [5, 5.41) is 12.0. The molecule has 2 N–H and O–H groups in total. The Morgan fingerprint density at radius 3 is 2.52 bits per heavy atom. The standard InChI is InChI=1S/C14H8F3NO2S/c15-8-2-1-6(3-9(8)16)21-12-5-11-7(4-10(12)17)13(19)14(20)18-11/h1-5,13,19H,(H,18,20). The predicted octanol–water partition coefficient (Wildman–Crippen LogP) is 3.24. The molecule has 0 spiro atoms. The SMILES string of the molecule is O=C1Nc2cc(Sc3ccc(F)c(F)c3)c(F)cc2C1O. The maximum absolute atomic E-state index is 14.0. The summed E-state index contributed by atoms with van der Waals surface area (Å²) >= 11 is 0.891. The molecule has 2 aromatic rings. The van der Waals surface area contributed by atoms with Crippen LogP contribution in [0.15, 0.2) is 40.1 Å². The fourth-order valence-corrected chi connectivity index (χ4v) is 2.88. The van der Waals surface area contributed by atoms with Crippen LogP contribution in [0.3, 0.4) is 0 Å². The van der Waals surface area contributed by atoms with E-state index in [2.05, 4.69) is 5.32 Å². The van der Waals surface area contributed by atoms with Gasteiger partial charge in [-0.2, -0.15) is 0 Å². The Labute approximate surface area is 121 Å². The van der Waals surface area contributed by atoms with Gasteiger partial charge in [-0.15, -0.1) is 0 Å². The number of aliphatic hydroxyl groups excluding tert-OH is 1. The average Bonchev–Trinajstić information content (AvgIpc) is 2.70. The molecule has 0 saturated carbocycles. The molecule has 0 saturated heterocycles. The summed E-state index contributed by atoms with van der Waals surface area (Å²) in [4.78, 5) is 11.8. The first-order chi connectivity index (χ1) is 9.95. The van der Waals surface area contributed by atoms with Crippen LogP contribution >= 0.6 is 11.8 Å². The van der Waals surface area contributed by atoms with Gasteiger partial charge in [0.25, 0.3) is 5.91 Å². The number of hydrogen-bond donors (Lipinski definition) is 2. The van der Waals surface area contributed by atoms with Crippen LogP contribution in [0, 0.1) is 17.5 Å². The fraction of sp³-hybridized carbons (Fsp3) is 0.0714. The van der Waals surface area contributed by atoms with Gasteiger partial charge in [0, 0.05) is 16.1 Å². The number of nitrogens with one attached hydrogen (secondary N) is 1. The third kappa shape index (κ3) is 2.50. The van der Waals surface area contributed by atoms with Crippen LogP contribution in [0.5, 0.6) is 0 Å². The number of carbonyl (C=O) groups is 1. The predicted molar refractivity (Wildman–Crippen MR) is 70.5 cm³/mol. The van der Waals surface area contributed by atoms with Crippen molar-refractivity contribution < 1.29 is 23.1 Å². The van der Waals surface area contributed by atoms with Gasteiger partial charge in [-0.25, -0.2) is 13.2 Å². The molecule has 2 aromatic carbocycles. The van der Waals surface area contributed by atoms with Gasteiger partial charge >= 0.3 is 0 Å². The molecule has 7 heteroatoms. The Morgan fingerprint density at radius 2 is 1.81 bits per heavy atom. The van der Waals surface area contributed by atoms with E-state index in [4.69, 9.17) is 0 Å². The van der Waals surface area contributed by atoms with Gasteiger partial charge in [-0.3, -0.25) is 4.79 Å². The van der Waals surface area contributed by atoms with Gasteiger partial charge in [0.1, 0.15) is 5.82 Å². The smallest absolute Gasteiger partial charge is 0.257 e. The van der Waals surface area contributed by atoms with Crippen molar-refractivity contribution in [2.24, 2.45) is 0 Å². The van der Waals surface area contributed by atoms with E-state index < -0.39 is 29.5 Å². The summed E-state index contributed by atoms with van der Waals surface area (Å²) in [5.41, 5.74) is 0.464. The largest absolute Gasteiger partial charge is 0.378 e. The first kappa shape index (κ1) is 14.0. The molecule has 1 aliphatic rings. The molecule has 0 fully saturated rings. The molecular weight excluding hydrogens is 303 g/mol. The summed E-state index contributed by atoms with van der Waals surface area (Å²) in [6, 6.07) is 5.64. The lowest BCUT2D eigenvalue weighted by Crippen LogP contribution is -2.10. The van der Waals surface area contributed by atoms with Gasteiger partial charge in [0.2, 0.25) is 0 Å². The lowest BCUT2D eigenvalue weighted by molar-refractivity contribution is -0.123. The highest BCUT2D eigenvalue weighted by Crippen LogP contribution is 2.38. The van der Waals surface area contributed by atoms with E-state index in [1.807, 2.05) is 0 Å². The normalized spacial score (nSPS) is 16.8. The van der Waals surface area contributed by atoms with Gasteiger partial charge in [0.05, 0.1) is 4.90 Å². The first-order valence-corrected chi connectivity index (χ1v) is 6.72. The van der Waals surface area contributed by atoms with Crippen LogP contribution in [0.4, 0.5) is 18.9 Å². The van der Waals surface area contributed by atoms with E-state index >= 15 is 0 Å². The monoisotopic (exact) mass is 311 g/mol. The molecule has 1 heterocycles. The summed E-state index contributed by atoms with van der Waals surface area (Å²) in [5.74, 6) is -3.28. The van der Waals surface area contributed by atoms with E-state index in [1.165, 1.54) is 12.1 Å². The van der Waals surface area contributed by atoms with Crippen molar-refractivity contribution in [3.63, 3.8) is 0 Å². The minimum atomic E-state index is -1.39. The van der Waals surface area contributed by atoms with Crippen molar-refractivity contribution in [2.45, 2.75) is 15.9 Å². The van der Waals surface area contributed by atoms with Crippen LogP contribution in [-0.2, 0) is 4.79 Å². The molecule has 108 valence electrons. The van der Waals surface area contributed by atoms with Gasteiger partial charge in [0.15, 0.2) is 17.7 Å². The van der Waals surface area contributed by atoms with Crippen molar-refractivity contribution in [3.8, 4) is 0 Å². The number of anilines is 1. The van der Waals surface area contributed by atoms with Crippen LogP contribution < -0.4 is 5.32 Å². The highest BCUT2D eigenvalue weighted by Gasteiger charge is 2.30. The highest BCUT2D eigenvalue weighted by atomic mass is 32.2. The number of aliphatic hydroxyl groups is 1. The fourth-order valence-electron chi connectivity index (χ4n) is 1.99. The molecule has 0 aromatic heterocycles. The van der Waals surface area contributed by atoms with Crippen molar-refractivity contribution >= 4 is 23.4 Å². The lowest BCUT2D eigenvalue weighted by atomic mass is 10.1. The maximum atomic E-state index is 14.0. The summed E-state index contributed by atoms with van der Waals surface area (Å²) < 4.78 is 40.0. The average molecular weight is 311 g/mol. The maximum Gasteiger partial charge on any atom is 0.257 e. The van der Waals surface area contributed by atoms with Crippen molar-refractivity contribution in [3.05, 3.63) is 53.3 Å². The molecule has 1 amide bonds. The Balaban J connectivity index is 1.95. The molecule has 1 aliphatic heterocycles. The summed E-state index contributed by atoms with van der Waals surface area (Å²) in [6.07, 6.45) is -1.39. The van der Waals surface area contributed by atoms with Crippen molar-refractivity contribution in [2.75, 3.05) is 5.32 Å². The highest BCUT2D eigenvalue weighted by molar-refractivity contribution is 7.99. The van der Waals surface area contributed by atoms with Crippen LogP contribution in [0.1, 0.15) is 11.7 Å². The van der Waals surface area contributed by atoms with Crippen molar-refractivity contribution in [1.82, 2.24) is 0 Å². The minimum Gasteiger partial charge on any atom is -0.378 e. The molecule has 3 rings (SSSR count). The Morgan fingerprint density at radius 1 is 1.05 bits per heavy atom. The number of rotatable bonds is 2. The summed E-state index contributed by atoms with van der Waals surface area (Å²) in [6.45, 7) is 0. The first-order valence-electron chi connectivity index (χ1n) is 5.91. The second-order valence-electron chi connectivity index (χ2n) is 4.44. The molecule has 3 nitrogen and oxygen atoms in total. The van der Waals surface area contributed by atoms with E-state index in [9.17, 15) is 23.1 Å². The quantitative estimate of drug-likeness (QED) is 0.895. The zero-order valence-corrected chi connectivity index (χ0v) is 11.2. The molecular formula is C14H8F3NO2S.